The Kier molecular flexibility index (Phi) is 3.66. The molecule has 0 unspecified atom stereocenters. The highest BCUT2D eigenvalue weighted by atomic mass is 35.5. The quantitative estimate of drug-likeness (QED) is 0.808. The van der Waals surface area contributed by atoms with Gasteiger partial charge in [0.25, 0.3) is 0 Å². The van der Waals surface area contributed by atoms with Crippen molar-refractivity contribution in [1.82, 2.24) is 5.32 Å². The van der Waals surface area contributed by atoms with Crippen LogP contribution in [0.5, 0.6) is 0 Å². The molecule has 0 heterocycles. The van der Waals surface area contributed by atoms with E-state index in [1.54, 1.807) is 0 Å². The second-order valence-corrected chi connectivity index (χ2v) is 5.02. The molecule has 0 saturated heterocycles. The molecule has 1 aliphatic rings. The van der Waals surface area contributed by atoms with Gasteiger partial charge < -0.3 is 5.32 Å². The van der Waals surface area contributed by atoms with Gasteiger partial charge in [-0.1, -0.05) is 23.7 Å². The molecular weight excluding hydrogens is 206 g/mol. The van der Waals surface area contributed by atoms with Crippen LogP contribution in [0.4, 0.5) is 0 Å². The van der Waals surface area contributed by atoms with Crippen molar-refractivity contribution in [2.75, 3.05) is 6.54 Å². The molecule has 82 valence electrons. The normalized spacial score (nSPS) is 17.7. The van der Waals surface area contributed by atoms with Crippen molar-refractivity contribution in [2.45, 2.75) is 32.2 Å². The van der Waals surface area contributed by atoms with Crippen LogP contribution in [0.2, 0.25) is 5.02 Å². The summed E-state index contributed by atoms with van der Waals surface area (Å²) in [6, 6.07) is 8.70. The largest absolute Gasteiger partial charge is 0.314 e. The standard InChI is InChI=1S/C13H18ClN/c1-10(15-9-12-2-3-12)8-11-4-6-13(14)7-5-11/h4-7,10,12,15H,2-3,8-9H2,1H3/t10-/m0/s1. The monoisotopic (exact) mass is 223 g/mol. The fraction of sp³-hybridized carbons (Fsp3) is 0.538. The van der Waals surface area contributed by atoms with Gasteiger partial charge >= 0.3 is 0 Å². The summed E-state index contributed by atoms with van der Waals surface area (Å²) in [6.45, 7) is 3.44. The summed E-state index contributed by atoms with van der Waals surface area (Å²) >= 11 is 5.84. The molecule has 0 aromatic heterocycles. The minimum atomic E-state index is 0.562. The molecular formula is C13H18ClN. The smallest absolute Gasteiger partial charge is 0.0406 e. The molecule has 1 fully saturated rings. The predicted molar refractivity (Wildman–Crippen MR) is 65.3 cm³/mol. The van der Waals surface area contributed by atoms with E-state index in [0.29, 0.717) is 6.04 Å². The molecule has 1 N–H and O–H groups in total. The van der Waals surface area contributed by atoms with E-state index < -0.39 is 0 Å². The molecule has 0 radical (unpaired) electrons. The molecule has 1 aromatic carbocycles. The number of hydrogen-bond donors (Lipinski definition) is 1. The van der Waals surface area contributed by atoms with E-state index in [4.69, 9.17) is 11.6 Å². The lowest BCUT2D eigenvalue weighted by atomic mass is 10.1. The Morgan fingerprint density at radius 2 is 2.00 bits per heavy atom. The van der Waals surface area contributed by atoms with Crippen molar-refractivity contribution in [3.63, 3.8) is 0 Å². The second kappa shape index (κ2) is 5.00. The maximum atomic E-state index is 5.84. The number of rotatable bonds is 5. The molecule has 0 bridgehead atoms. The average Bonchev–Trinajstić information content (AvgIpc) is 3.02. The van der Waals surface area contributed by atoms with Crippen LogP contribution in [0, 0.1) is 5.92 Å². The van der Waals surface area contributed by atoms with Crippen molar-refractivity contribution in [3.8, 4) is 0 Å². The molecule has 2 heteroatoms. The van der Waals surface area contributed by atoms with Gasteiger partial charge in [0.15, 0.2) is 0 Å². The third kappa shape index (κ3) is 3.84. The third-order valence-corrected chi connectivity index (χ3v) is 3.16. The Morgan fingerprint density at radius 1 is 1.33 bits per heavy atom. The number of hydrogen-bond acceptors (Lipinski definition) is 1. The highest BCUT2D eigenvalue weighted by Gasteiger charge is 2.21. The van der Waals surface area contributed by atoms with E-state index in [9.17, 15) is 0 Å². The first kappa shape index (κ1) is 11.0. The van der Waals surface area contributed by atoms with Crippen molar-refractivity contribution in [1.29, 1.82) is 0 Å². The first-order valence-electron chi connectivity index (χ1n) is 5.72. The zero-order chi connectivity index (χ0) is 10.7. The molecule has 0 spiro atoms. The Labute approximate surface area is 96.8 Å². The van der Waals surface area contributed by atoms with E-state index in [-0.39, 0.29) is 0 Å². The van der Waals surface area contributed by atoms with E-state index in [0.717, 1.165) is 17.4 Å². The summed E-state index contributed by atoms with van der Waals surface area (Å²) in [6.07, 6.45) is 3.92. The van der Waals surface area contributed by atoms with Gasteiger partial charge in [0.1, 0.15) is 0 Å². The third-order valence-electron chi connectivity index (χ3n) is 2.91. The van der Waals surface area contributed by atoms with Crippen molar-refractivity contribution in [3.05, 3.63) is 34.9 Å². The lowest BCUT2D eigenvalue weighted by Crippen LogP contribution is -2.29. The molecule has 1 atom stereocenters. The minimum absolute atomic E-state index is 0.562. The maximum Gasteiger partial charge on any atom is 0.0406 e. The topological polar surface area (TPSA) is 12.0 Å². The SMILES string of the molecule is C[C@@H](Cc1ccc(Cl)cc1)NCC1CC1. The van der Waals surface area contributed by atoms with Crippen LogP contribution < -0.4 is 5.32 Å². The van der Waals surface area contributed by atoms with E-state index in [1.807, 2.05) is 12.1 Å². The Balaban J connectivity index is 1.76. The van der Waals surface area contributed by atoms with Crippen molar-refractivity contribution < 1.29 is 0 Å². The van der Waals surface area contributed by atoms with Gasteiger partial charge in [-0.15, -0.1) is 0 Å². The molecule has 0 amide bonds. The Bertz CT molecular complexity index is 303. The fourth-order valence-electron chi connectivity index (χ4n) is 1.74. The summed E-state index contributed by atoms with van der Waals surface area (Å²) in [4.78, 5) is 0. The van der Waals surface area contributed by atoms with Crippen LogP contribution in [0.3, 0.4) is 0 Å². The van der Waals surface area contributed by atoms with Gasteiger partial charge in [-0.25, -0.2) is 0 Å². The molecule has 1 aromatic rings. The zero-order valence-electron chi connectivity index (χ0n) is 9.17. The number of nitrogens with one attached hydrogen (secondary N) is 1. The first-order valence-corrected chi connectivity index (χ1v) is 6.09. The predicted octanol–water partition coefficient (Wildman–Crippen LogP) is 3.27. The van der Waals surface area contributed by atoms with Gasteiger partial charge in [0.2, 0.25) is 0 Å². The summed E-state index contributed by atoms with van der Waals surface area (Å²) < 4.78 is 0. The van der Waals surface area contributed by atoms with Crippen molar-refractivity contribution >= 4 is 11.6 Å². The van der Waals surface area contributed by atoms with Crippen LogP contribution in [0.1, 0.15) is 25.3 Å². The van der Waals surface area contributed by atoms with Gasteiger partial charge in [0.05, 0.1) is 0 Å². The second-order valence-electron chi connectivity index (χ2n) is 4.58. The molecule has 1 saturated carbocycles. The molecule has 15 heavy (non-hydrogen) atoms. The highest BCUT2D eigenvalue weighted by Crippen LogP contribution is 2.27. The maximum absolute atomic E-state index is 5.84. The van der Waals surface area contributed by atoms with Gasteiger partial charge in [-0.2, -0.15) is 0 Å². The molecule has 2 rings (SSSR count). The first-order chi connectivity index (χ1) is 7.24. The van der Waals surface area contributed by atoms with E-state index >= 15 is 0 Å². The minimum Gasteiger partial charge on any atom is -0.314 e. The van der Waals surface area contributed by atoms with Gasteiger partial charge in [-0.3, -0.25) is 0 Å². The lowest BCUT2D eigenvalue weighted by molar-refractivity contribution is 0.526. The molecule has 1 nitrogen and oxygen atoms in total. The van der Waals surface area contributed by atoms with Crippen LogP contribution in [0.15, 0.2) is 24.3 Å². The number of halogens is 1. The summed E-state index contributed by atoms with van der Waals surface area (Å²) in [5.74, 6) is 0.956. The van der Waals surface area contributed by atoms with Crippen LogP contribution >= 0.6 is 11.6 Å². The van der Waals surface area contributed by atoms with Gasteiger partial charge in [-0.05, 0) is 56.3 Å². The molecule has 0 aliphatic heterocycles. The van der Waals surface area contributed by atoms with Crippen molar-refractivity contribution in [2.24, 2.45) is 5.92 Å². The van der Waals surface area contributed by atoms with Gasteiger partial charge in [0, 0.05) is 11.1 Å². The highest BCUT2D eigenvalue weighted by molar-refractivity contribution is 6.30. The Morgan fingerprint density at radius 3 is 2.60 bits per heavy atom. The van der Waals surface area contributed by atoms with Crippen LogP contribution in [-0.4, -0.2) is 12.6 Å². The lowest BCUT2D eigenvalue weighted by Gasteiger charge is -2.13. The fourth-order valence-corrected chi connectivity index (χ4v) is 1.86. The van der Waals surface area contributed by atoms with Crippen LogP contribution in [0.25, 0.3) is 0 Å². The summed E-state index contributed by atoms with van der Waals surface area (Å²) in [5.41, 5.74) is 1.36. The molecule has 1 aliphatic carbocycles. The summed E-state index contributed by atoms with van der Waals surface area (Å²) in [5, 5.41) is 4.39. The van der Waals surface area contributed by atoms with E-state index in [2.05, 4.69) is 24.4 Å². The van der Waals surface area contributed by atoms with E-state index in [1.165, 1.54) is 24.9 Å². The summed E-state index contributed by atoms with van der Waals surface area (Å²) in [7, 11) is 0. The Hall–Kier alpha value is -0.530. The number of benzene rings is 1. The average molecular weight is 224 g/mol. The zero-order valence-corrected chi connectivity index (χ0v) is 9.93. The van der Waals surface area contributed by atoms with Crippen LogP contribution in [-0.2, 0) is 6.42 Å².